The molecule has 0 radical (unpaired) electrons. The van der Waals surface area contributed by atoms with Crippen LogP contribution in [-0.4, -0.2) is 5.91 Å². The van der Waals surface area contributed by atoms with Crippen molar-refractivity contribution in [3.05, 3.63) is 48.0 Å². The monoisotopic (exact) mass is 325 g/mol. The van der Waals surface area contributed by atoms with Crippen LogP contribution in [0.1, 0.15) is 76.8 Å². The van der Waals surface area contributed by atoms with Crippen LogP contribution >= 0.6 is 0 Å². The first kappa shape index (κ1) is 18.5. The Balaban J connectivity index is 1.98. The summed E-state index contributed by atoms with van der Waals surface area (Å²) in [7, 11) is 0. The Labute approximate surface area is 146 Å². The third-order valence-electron chi connectivity index (χ3n) is 4.67. The first-order valence-electron chi connectivity index (χ1n) is 9.47. The van der Waals surface area contributed by atoms with Gasteiger partial charge in [0.2, 0.25) is 5.91 Å². The second kappa shape index (κ2) is 10.1. The summed E-state index contributed by atoms with van der Waals surface area (Å²) in [6.07, 6.45) is 10.1. The molecular weight excluding hydrogens is 294 g/mol. The molecule has 2 heteroatoms. The summed E-state index contributed by atoms with van der Waals surface area (Å²) < 4.78 is 0. The smallest absolute Gasteiger partial charge is 0.217 e. The fourth-order valence-electron chi connectivity index (χ4n) is 3.41. The number of carbonyl (C=O) groups excluding carboxylic acids is 1. The minimum absolute atomic E-state index is 0.0517. The zero-order valence-corrected chi connectivity index (χ0v) is 15.2. The van der Waals surface area contributed by atoms with Crippen LogP contribution in [0.2, 0.25) is 0 Å². The Morgan fingerprint density at radius 3 is 2.33 bits per heavy atom. The molecule has 0 spiro atoms. The Kier molecular flexibility index (Phi) is 7.81. The minimum atomic E-state index is 0.0517. The van der Waals surface area contributed by atoms with Gasteiger partial charge in [0.25, 0.3) is 0 Å². The van der Waals surface area contributed by atoms with Gasteiger partial charge in [0.15, 0.2) is 0 Å². The molecule has 24 heavy (non-hydrogen) atoms. The molecule has 2 nitrogen and oxygen atoms in total. The van der Waals surface area contributed by atoms with Crippen LogP contribution in [0, 0.1) is 0 Å². The van der Waals surface area contributed by atoms with Crippen LogP contribution in [-0.2, 0) is 4.79 Å². The van der Waals surface area contributed by atoms with Crippen molar-refractivity contribution in [1.29, 1.82) is 0 Å². The summed E-state index contributed by atoms with van der Waals surface area (Å²) in [4.78, 5) is 11.7. The number of hydrogen-bond donors (Lipinski definition) is 1. The van der Waals surface area contributed by atoms with Crippen LogP contribution in [0.25, 0.3) is 10.8 Å². The summed E-state index contributed by atoms with van der Waals surface area (Å²) in [6.45, 7) is 3.87. The topological polar surface area (TPSA) is 29.1 Å². The van der Waals surface area contributed by atoms with Gasteiger partial charge in [-0.05, 0) is 22.8 Å². The van der Waals surface area contributed by atoms with Crippen molar-refractivity contribution in [2.45, 2.75) is 71.3 Å². The zero-order valence-electron chi connectivity index (χ0n) is 15.2. The van der Waals surface area contributed by atoms with Gasteiger partial charge in [0.05, 0.1) is 6.04 Å². The normalized spacial score (nSPS) is 12.2. The Morgan fingerprint density at radius 2 is 1.58 bits per heavy atom. The Bertz CT molecular complexity index is 629. The van der Waals surface area contributed by atoms with Crippen molar-refractivity contribution in [3.8, 4) is 0 Å². The molecule has 0 aromatic heterocycles. The van der Waals surface area contributed by atoms with E-state index in [1.54, 1.807) is 6.92 Å². The molecule has 0 heterocycles. The van der Waals surface area contributed by atoms with Gasteiger partial charge in [-0.2, -0.15) is 0 Å². The van der Waals surface area contributed by atoms with E-state index in [4.69, 9.17) is 0 Å². The number of rotatable bonds is 10. The van der Waals surface area contributed by atoms with E-state index in [2.05, 4.69) is 54.7 Å². The fraction of sp³-hybridized carbons (Fsp3) is 0.500. The van der Waals surface area contributed by atoms with E-state index >= 15 is 0 Å². The molecule has 2 rings (SSSR count). The molecule has 0 saturated carbocycles. The van der Waals surface area contributed by atoms with Gasteiger partial charge in [0.1, 0.15) is 0 Å². The molecule has 0 aliphatic rings. The molecule has 0 saturated heterocycles. The first-order chi connectivity index (χ1) is 11.7. The summed E-state index contributed by atoms with van der Waals surface area (Å²) in [5.74, 6) is 0.0517. The molecule has 2 aromatic carbocycles. The number of amides is 1. The van der Waals surface area contributed by atoms with Crippen LogP contribution in [0.15, 0.2) is 42.5 Å². The predicted molar refractivity (Wildman–Crippen MR) is 103 cm³/mol. The fourth-order valence-corrected chi connectivity index (χ4v) is 3.41. The number of hydrogen-bond acceptors (Lipinski definition) is 1. The predicted octanol–water partition coefficient (Wildman–Crippen LogP) is 6.16. The second-order valence-corrected chi connectivity index (χ2v) is 6.73. The lowest BCUT2D eigenvalue weighted by atomic mass is 9.94. The molecule has 2 aromatic rings. The van der Waals surface area contributed by atoms with E-state index in [1.807, 2.05) is 0 Å². The SMILES string of the molecule is CCCCCCCCC[C@H](NC(C)=O)c1cccc2ccccc12. The van der Waals surface area contributed by atoms with Crippen molar-refractivity contribution < 1.29 is 4.79 Å². The van der Waals surface area contributed by atoms with Crippen molar-refractivity contribution in [1.82, 2.24) is 5.32 Å². The molecule has 0 unspecified atom stereocenters. The standard InChI is InChI=1S/C22H31NO/c1-3-4-5-6-7-8-9-17-22(23-18(2)24)21-16-12-14-19-13-10-11-15-20(19)21/h10-16,22H,3-9,17H2,1-2H3,(H,23,24)/t22-/m0/s1. The van der Waals surface area contributed by atoms with Crippen LogP contribution in [0.3, 0.4) is 0 Å². The van der Waals surface area contributed by atoms with E-state index < -0.39 is 0 Å². The van der Waals surface area contributed by atoms with Crippen LogP contribution in [0.4, 0.5) is 0 Å². The van der Waals surface area contributed by atoms with Gasteiger partial charge in [0, 0.05) is 6.92 Å². The lowest BCUT2D eigenvalue weighted by molar-refractivity contribution is -0.119. The summed E-state index contributed by atoms with van der Waals surface area (Å²) >= 11 is 0. The minimum Gasteiger partial charge on any atom is -0.350 e. The number of nitrogens with one attached hydrogen (secondary N) is 1. The molecule has 0 aliphatic carbocycles. The maximum Gasteiger partial charge on any atom is 0.217 e. The number of carbonyl (C=O) groups is 1. The lowest BCUT2D eigenvalue weighted by Gasteiger charge is -2.20. The van der Waals surface area contributed by atoms with Crippen molar-refractivity contribution in [2.24, 2.45) is 0 Å². The maximum absolute atomic E-state index is 11.7. The van der Waals surface area contributed by atoms with Crippen molar-refractivity contribution in [2.75, 3.05) is 0 Å². The highest BCUT2D eigenvalue weighted by Crippen LogP contribution is 2.28. The second-order valence-electron chi connectivity index (χ2n) is 6.73. The van der Waals surface area contributed by atoms with E-state index in [-0.39, 0.29) is 11.9 Å². The van der Waals surface area contributed by atoms with Gasteiger partial charge in [-0.15, -0.1) is 0 Å². The van der Waals surface area contributed by atoms with E-state index in [0.29, 0.717) is 0 Å². The zero-order chi connectivity index (χ0) is 17.2. The number of unbranched alkanes of at least 4 members (excludes halogenated alkanes) is 6. The number of fused-ring (bicyclic) bond motifs is 1. The molecule has 130 valence electrons. The van der Waals surface area contributed by atoms with Crippen LogP contribution in [0.5, 0.6) is 0 Å². The van der Waals surface area contributed by atoms with Crippen molar-refractivity contribution >= 4 is 16.7 Å². The van der Waals surface area contributed by atoms with Gasteiger partial charge in [-0.25, -0.2) is 0 Å². The lowest BCUT2D eigenvalue weighted by Crippen LogP contribution is -2.26. The Morgan fingerprint density at radius 1 is 0.917 bits per heavy atom. The molecular formula is C22H31NO. The molecule has 1 atom stereocenters. The van der Waals surface area contributed by atoms with Crippen LogP contribution < -0.4 is 5.32 Å². The van der Waals surface area contributed by atoms with Gasteiger partial charge < -0.3 is 5.32 Å². The average Bonchev–Trinajstić information content (AvgIpc) is 2.59. The van der Waals surface area contributed by atoms with Crippen molar-refractivity contribution in [3.63, 3.8) is 0 Å². The highest BCUT2D eigenvalue weighted by molar-refractivity contribution is 5.86. The van der Waals surface area contributed by atoms with Gasteiger partial charge >= 0.3 is 0 Å². The molecule has 1 N–H and O–H groups in total. The quantitative estimate of drug-likeness (QED) is 0.521. The largest absolute Gasteiger partial charge is 0.350 e. The third-order valence-corrected chi connectivity index (χ3v) is 4.67. The van der Waals surface area contributed by atoms with E-state index in [1.165, 1.54) is 61.3 Å². The average molecular weight is 325 g/mol. The van der Waals surface area contributed by atoms with Gasteiger partial charge in [-0.1, -0.05) is 94.3 Å². The number of benzene rings is 2. The summed E-state index contributed by atoms with van der Waals surface area (Å²) in [5.41, 5.74) is 1.24. The van der Waals surface area contributed by atoms with E-state index in [0.717, 1.165) is 6.42 Å². The van der Waals surface area contributed by atoms with E-state index in [9.17, 15) is 4.79 Å². The maximum atomic E-state index is 11.7. The van der Waals surface area contributed by atoms with Gasteiger partial charge in [-0.3, -0.25) is 4.79 Å². The molecule has 0 fully saturated rings. The molecule has 0 aliphatic heterocycles. The Hall–Kier alpha value is -1.83. The molecule has 1 amide bonds. The summed E-state index contributed by atoms with van der Waals surface area (Å²) in [5, 5.41) is 5.65. The highest BCUT2D eigenvalue weighted by atomic mass is 16.1. The third kappa shape index (κ3) is 5.67. The first-order valence-corrected chi connectivity index (χ1v) is 9.47. The summed E-state index contributed by atoms with van der Waals surface area (Å²) in [6, 6.07) is 14.9. The highest BCUT2D eigenvalue weighted by Gasteiger charge is 2.14. The molecule has 0 bridgehead atoms.